The van der Waals surface area contributed by atoms with Crippen molar-refractivity contribution in [1.29, 1.82) is 0 Å². The van der Waals surface area contributed by atoms with Gasteiger partial charge in [0.15, 0.2) is 0 Å². The minimum Gasteiger partial charge on any atom is -0.492 e. The molecule has 0 aromatic heterocycles. The molecule has 2 aromatic carbocycles. The summed E-state index contributed by atoms with van der Waals surface area (Å²) in [5.41, 5.74) is 1.54. The van der Waals surface area contributed by atoms with Gasteiger partial charge < -0.3 is 20.7 Å². The van der Waals surface area contributed by atoms with E-state index in [0.717, 1.165) is 11.4 Å². The molecule has 0 amide bonds. The van der Waals surface area contributed by atoms with E-state index < -0.39 is 11.5 Å². The van der Waals surface area contributed by atoms with Crippen LogP contribution in [0.15, 0.2) is 48.0 Å². The molecule has 0 heterocycles. The monoisotopic (exact) mass is 430 g/mol. The Labute approximate surface area is 183 Å². The van der Waals surface area contributed by atoms with Crippen molar-refractivity contribution < 1.29 is 13.5 Å². The van der Waals surface area contributed by atoms with Crippen molar-refractivity contribution in [2.45, 2.75) is 32.9 Å². The van der Waals surface area contributed by atoms with Crippen LogP contribution in [0.25, 0.3) is 5.70 Å². The van der Waals surface area contributed by atoms with Gasteiger partial charge in [-0.3, -0.25) is 4.99 Å². The summed E-state index contributed by atoms with van der Waals surface area (Å²) in [6, 6.07) is 10.5. The van der Waals surface area contributed by atoms with E-state index in [1.165, 1.54) is 6.07 Å². The van der Waals surface area contributed by atoms with Crippen molar-refractivity contribution in [1.82, 2.24) is 5.32 Å². The number of likely N-dealkylation sites (N-methyl/N-ethyl adjacent to an activating group) is 1. The summed E-state index contributed by atoms with van der Waals surface area (Å²) >= 11 is 0. The normalized spacial score (nSPS) is 11.5. The lowest BCUT2D eigenvalue weighted by Gasteiger charge is -2.16. The molecule has 2 rings (SSSR count). The van der Waals surface area contributed by atoms with Gasteiger partial charge in [0, 0.05) is 48.5 Å². The number of benzene rings is 2. The Morgan fingerprint density at radius 3 is 2.45 bits per heavy atom. The van der Waals surface area contributed by atoms with Crippen molar-refractivity contribution in [2.24, 2.45) is 4.99 Å². The Morgan fingerprint density at radius 2 is 1.84 bits per heavy atom. The molecule has 168 valence electrons. The van der Waals surface area contributed by atoms with Gasteiger partial charge in [0.2, 0.25) is 0 Å². The fraction of sp³-hybridized carbons (Fsp3) is 0.375. The van der Waals surface area contributed by atoms with E-state index >= 15 is 0 Å². The molecule has 31 heavy (non-hydrogen) atoms. The smallest absolute Gasteiger partial charge is 0.138 e. The molecule has 0 aliphatic carbocycles. The molecular weight excluding hydrogens is 398 g/mol. The van der Waals surface area contributed by atoms with Gasteiger partial charge in [0.1, 0.15) is 23.8 Å². The fourth-order valence-corrected chi connectivity index (χ4v) is 2.87. The average molecular weight is 431 g/mol. The van der Waals surface area contributed by atoms with Crippen LogP contribution in [0.3, 0.4) is 0 Å². The molecule has 0 aliphatic heterocycles. The highest BCUT2D eigenvalue weighted by molar-refractivity contribution is 5.83. The molecule has 0 radical (unpaired) electrons. The number of rotatable bonds is 12. The minimum absolute atomic E-state index is 0.284. The van der Waals surface area contributed by atoms with Crippen LogP contribution in [0, 0.1) is 5.82 Å². The summed E-state index contributed by atoms with van der Waals surface area (Å²) in [7, 11) is 1.82. The SMILES string of the molecule is C=C(Nc1ccc(NCCC(C)(C)F)cc1)c1c(F)cc(OCCNC)cc1N=CC. The maximum atomic E-state index is 14.9. The second kappa shape index (κ2) is 11.5. The molecule has 0 spiro atoms. The second-order valence-corrected chi connectivity index (χ2v) is 7.71. The number of hydrogen-bond donors (Lipinski definition) is 3. The average Bonchev–Trinajstić information content (AvgIpc) is 2.68. The molecule has 7 heteroatoms. The minimum atomic E-state index is -1.21. The highest BCUT2D eigenvalue weighted by Gasteiger charge is 2.16. The van der Waals surface area contributed by atoms with Crippen LogP contribution in [0.2, 0.25) is 0 Å². The summed E-state index contributed by atoms with van der Waals surface area (Å²) in [4.78, 5) is 4.28. The molecule has 0 atom stereocenters. The van der Waals surface area contributed by atoms with E-state index in [0.29, 0.717) is 43.3 Å². The molecule has 0 bridgehead atoms. The summed E-state index contributed by atoms with van der Waals surface area (Å²) in [6.07, 6.45) is 2.01. The Kier molecular flexibility index (Phi) is 9.00. The number of nitrogens with one attached hydrogen (secondary N) is 3. The summed E-state index contributed by atoms with van der Waals surface area (Å²) in [6.45, 7) is 10.5. The Morgan fingerprint density at radius 1 is 1.16 bits per heavy atom. The van der Waals surface area contributed by atoms with Crippen LogP contribution in [0.5, 0.6) is 5.75 Å². The van der Waals surface area contributed by atoms with Crippen molar-refractivity contribution in [2.75, 3.05) is 37.4 Å². The maximum absolute atomic E-state index is 14.9. The first-order valence-electron chi connectivity index (χ1n) is 10.3. The third-order valence-electron chi connectivity index (χ3n) is 4.46. The Balaban J connectivity index is 2.10. The lowest BCUT2D eigenvalue weighted by atomic mass is 10.1. The van der Waals surface area contributed by atoms with Crippen LogP contribution in [0.4, 0.5) is 25.8 Å². The van der Waals surface area contributed by atoms with Gasteiger partial charge in [-0.15, -0.1) is 0 Å². The first-order chi connectivity index (χ1) is 14.7. The van der Waals surface area contributed by atoms with Crippen LogP contribution in [-0.4, -0.2) is 38.6 Å². The number of nitrogens with zero attached hydrogens (tertiary/aromatic N) is 1. The first-order valence-corrected chi connectivity index (χ1v) is 10.3. The summed E-state index contributed by atoms with van der Waals surface area (Å²) in [5, 5.41) is 9.30. The van der Waals surface area contributed by atoms with Gasteiger partial charge in [0.05, 0.1) is 11.3 Å². The molecule has 0 aliphatic rings. The quantitative estimate of drug-likeness (QED) is 0.295. The third-order valence-corrected chi connectivity index (χ3v) is 4.46. The topological polar surface area (TPSA) is 57.7 Å². The van der Waals surface area contributed by atoms with Crippen LogP contribution >= 0.6 is 0 Å². The third kappa shape index (κ3) is 8.02. The van der Waals surface area contributed by atoms with Crippen LogP contribution in [-0.2, 0) is 0 Å². The highest BCUT2D eigenvalue weighted by Crippen LogP contribution is 2.33. The predicted molar refractivity (Wildman–Crippen MR) is 127 cm³/mol. The van der Waals surface area contributed by atoms with E-state index in [4.69, 9.17) is 4.74 Å². The van der Waals surface area contributed by atoms with E-state index in [-0.39, 0.29) is 5.56 Å². The van der Waals surface area contributed by atoms with Gasteiger partial charge >= 0.3 is 0 Å². The second-order valence-electron chi connectivity index (χ2n) is 7.71. The molecule has 2 aromatic rings. The number of hydrogen-bond acceptors (Lipinski definition) is 5. The van der Waals surface area contributed by atoms with Crippen molar-refractivity contribution in [3.63, 3.8) is 0 Å². The van der Waals surface area contributed by atoms with Crippen molar-refractivity contribution >= 4 is 29.0 Å². The predicted octanol–water partition coefficient (Wildman–Crippen LogP) is 5.78. The molecule has 0 saturated heterocycles. The van der Waals surface area contributed by atoms with Crippen LogP contribution < -0.4 is 20.7 Å². The van der Waals surface area contributed by atoms with Gasteiger partial charge in [-0.2, -0.15) is 0 Å². The largest absolute Gasteiger partial charge is 0.492 e. The lowest BCUT2D eigenvalue weighted by molar-refractivity contribution is 0.207. The van der Waals surface area contributed by atoms with Gasteiger partial charge in [-0.25, -0.2) is 8.78 Å². The number of anilines is 2. The molecule has 0 fully saturated rings. The van der Waals surface area contributed by atoms with Gasteiger partial charge in [-0.1, -0.05) is 6.58 Å². The Hall–Kier alpha value is -2.93. The zero-order valence-corrected chi connectivity index (χ0v) is 18.7. The van der Waals surface area contributed by atoms with Crippen molar-refractivity contribution in [3.8, 4) is 5.75 Å². The number of aliphatic imine (C=N–C) groups is 1. The van der Waals surface area contributed by atoms with Crippen molar-refractivity contribution in [3.05, 3.63) is 54.4 Å². The molecule has 0 unspecified atom stereocenters. The highest BCUT2D eigenvalue weighted by atomic mass is 19.1. The van der Waals surface area contributed by atoms with E-state index in [1.807, 2.05) is 31.3 Å². The number of ether oxygens (including phenoxy) is 1. The fourth-order valence-electron chi connectivity index (χ4n) is 2.87. The zero-order chi connectivity index (χ0) is 22.9. The van der Waals surface area contributed by atoms with Crippen LogP contribution in [0.1, 0.15) is 32.8 Å². The number of halogens is 2. The first kappa shape index (κ1) is 24.3. The van der Waals surface area contributed by atoms with Gasteiger partial charge in [0.25, 0.3) is 0 Å². The van der Waals surface area contributed by atoms with Gasteiger partial charge in [-0.05, 0) is 58.5 Å². The standard InChI is InChI=1S/C24H32F2N4O/c1-6-28-22-16-20(31-14-13-27-5)15-21(25)23(22)17(2)30-19-9-7-18(8-10-19)29-12-11-24(3,4)26/h6-10,15-16,27,29-30H,2,11-14H2,1,3-5H3. The van der Waals surface area contributed by atoms with E-state index in [2.05, 4.69) is 27.5 Å². The number of alkyl halides is 1. The molecule has 5 nitrogen and oxygen atoms in total. The maximum Gasteiger partial charge on any atom is 0.138 e. The summed E-state index contributed by atoms with van der Waals surface area (Å²) < 4.78 is 34.0. The Bertz CT molecular complexity index is 890. The van der Waals surface area contributed by atoms with E-state index in [9.17, 15) is 8.78 Å². The summed E-state index contributed by atoms with van der Waals surface area (Å²) in [5.74, 6) is -0.0519. The zero-order valence-electron chi connectivity index (χ0n) is 18.7. The molecular formula is C24H32F2N4O. The molecule has 0 saturated carbocycles. The lowest BCUT2D eigenvalue weighted by Crippen LogP contribution is -2.17. The van der Waals surface area contributed by atoms with E-state index in [1.54, 1.807) is 33.1 Å². The molecule has 3 N–H and O–H groups in total.